The maximum atomic E-state index is 13.0. The molecule has 0 heterocycles. The van der Waals surface area contributed by atoms with E-state index in [0.29, 0.717) is 17.0 Å². The third-order valence-electron chi connectivity index (χ3n) is 3.19. The lowest BCUT2D eigenvalue weighted by molar-refractivity contribution is -0.116. The van der Waals surface area contributed by atoms with E-state index in [4.69, 9.17) is 16.3 Å². The van der Waals surface area contributed by atoms with Crippen molar-refractivity contribution in [2.24, 2.45) is 0 Å². The van der Waals surface area contributed by atoms with Crippen molar-refractivity contribution in [3.05, 3.63) is 58.9 Å². The maximum Gasteiger partial charge on any atom is 0.255 e. The summed E-state index contributed by atoms with van der Waals surface area (Å²) in [4.78, 5) is 23.9. The molecule has 5 nitrogen and oxygen atoms in total. The number of ether oxygens (including phenoxy) is 1. The smallest absolute Gasteiger partial charge is 0.255 e. The maximum absolute atomic E-state index is 13.0. The first-order chi connectivity index (χ1) is 11.5. The quantitative estimate of drug-likeness (QED) is 0.840. The van der Waals surface area contributed by atoms with Gasteiger partial charge in [-0.1, -0.05) is 23.7 Å². The molecule has 2 rings (SSSR count). The summed E-state index contributed by atoms with van der Waals surface area (Å²) in [6.07, 6.45) is 0.0654. The zero-order chi connectivity index (χ0) is 17.5. The zero-order valence-electron chi connectivity index (χ0n) is 12.9. The van der Waals surface area contributed by atoms with Gasteiger partial charge in [0.25, 0.3) is 5.91 Å². The summed E-state index contributed by atoms with van der Waals surface area (Å²) in [7, 11) is 1.48. The van der Waals surface area contributed by atoms with Gasteiger partial charge in [-0.15, -0.1) is 0 Å². The van der Waals surface area contributed by atoms with Gasteiger partial charge in [0.1, 0.15) is 11.6 Å². The van der Waals surface area contributed by atoms with Gasteiger partial charge in [0.15, 0.2) is 0 Å². The van der Waals surface area contributed by atoms with Gasteiger partial charge in [-0.2, -0.15) is 0 Å². The van der Waals surface area contributed by atoms with Crippen molar-refractivity contribution in [3.63, 3.8) is 0 Å². The molecule has 0 fully saturated rings. The highest BCUT2D eigenvalue weighted by atomic mass is 35.5. The number of benzene rings is 2. The number of methoxy groups -OCH3 is 1. The molecule has 0 radical (unpaired) electrons. The Morgan fingerprint density at radius 2 is 1.96 bits per heavy atom. The molecule has 0 saturated carbocycles. The van der Waals surface area contributed by atoms with Crippen LogP contribution in [0.2, 0.25) is 5.02 Å². The van der Waals surface area contributed by atoms with Crippen LogP contribution in [0.5, 0.6) is 5.75 Å². The van der Waals surface area contributed by atoms with Crippen molar-refractivity contribution < 1.29 is 18.7 Å². The molecule has 0 saturated heterocycles. The number of para-hydroxylation sites is 1. The van der Waals surface area contributed by atoms with E-state index in [1.165, 1.54) is 25.3 Å². The van der Waals surface area contributed by atoms with Crippen LogP contribution in [-0.4, -0.2) is 25.5 Å². The van der Waals surface area contributed by atoms with Crippen LogP contribution in [0.25, 0.3) is 0 Å². The van der Waals surface area contributed by atoms with Crippen LogP contribution in [0.4, 0.5) is 10.1 Å². The first kappa shape index (κ1) is 17.7. The Balaban J connectivity index is 1.84. The highest BCUT2D eigenvalue weighted by Gasteiger charge is 2.11. The highest BCUT2D eigenvalue weighted by Crippen LogP contribution is 2.19. The zero-order valence-corrected chi connectivity index (χ0v) is 13.7. The Morgan fingerprint density at radius 3 is 2.67 bits per heavy atom. The van der Waals surface area contributed by atoms with Crippen molar-refractivity contribution in [1.29, 1.82) is 0 Å². The van der Waals surface area contributed by atoms with Crippen molar-refractivity contribution in [1.82, 2.24) is 5.32 Å². The Bertz CT molecular complexity index is 752. The largest absolute Gasteiger partial charge is 0.496 e. The van der Waals surface area contributed by atoms with Crippen LogP contribution < -0.4 is 15.4 Å². The number of rotatable bonds is 6. The van der Waals surface area contributed by atoms with Gasteiger partial charge < -0.3 is 15.4 Å². The molecule has 0 spiro atoms. The summed E-state index contributed by atoms with van der Waals surface area (Å²) in [5.41, 5.74) is 0.785. The van der Waals surface area contributed by atoms with Crippen LogP contribution in [-0.2, 0) is 4.79 Å². The molecule has 0 aliphatic carbocycles. The molecule has 0 aromatic heterocycles. The second-order valence-electron chi connectivity index (χ2n) is 4.88. The van der Waals surface area contributed by atoms with Crippen molar-refractivity contribution >= 4 is 29.1 Å². The molecule has 0 unspecified atom stereocenters. The molecule has 2 aromatic rings. The second kappa shape index (κ2) is 8.31. The van der Waals surface area contributed by atoms with Crippen LogP contribution >= 0.6 is 11.6 Å². The molecule has 24 heavy (non-hydrogen) atoms. The number of carbonyl (C=O) groups is 2. The number of carbonyl (C=O) groups excluding carboxylic acids is 2. The second-order valence-corrected chi connectivity index (χ2v) is 5.29. The number of hydrogen-bond donors (Lipinski definition) is 2. The molecule has 7 heteroatoms. The van der Waals surface area contributed by atoms with Gasteiger partial charge in [-0.3, -0.25) is 9.59 Å². The van der Waals surface area contributed by atoms with Crippen molar-refractivity contribution in [2.75, 3.05) is 19.0 Å². The van der Waals surface area contributed by atoms with Crippen LogP contribution in [0.3, 0.4) is 0 Å². The summed E-state index contributed by atoms with van der Waals surface area (Å²) in [6.45, 7) is 0.150. The fraction of sp³-hybridized carbons (Fsp3) is 0.176. The normalized spacial score (nSPS) is 10.1. The Morgan fingerprint density at radius 1 is 1.21 bits per heavy atom. The summed E-state index contributed by atoms with van der Waals surface area (Å²) in [6, 6.07) is 10.7. The summed E-state index contributed by atoms with van der Waals surface area (Å²) in [5, 5.41) is 5.15. The lowest BCUT2D eigenvalue weighted by Gasteiger charge is -2.09. The van der Waals surface area contributed by atoms with Gasteiger partial charge in [0, 0.05) is 18.7 Å². The number of hydrogen-bond acceptors (Lipinski definition) is 3. The lowest BCUT2D eigenvalue weighted by Crippen LogP contribution is -2.28. The third kappa shape index (κ3) is 4.70. The van der Waals surface area contributed by atoms with Gasteiger partial charge >= 0.3 is 0 Å². The van der Waals surface area contributed by atoms with Gasteiger partial charge in [-0.25, -0.2) is 4.39 Å². The van der Waals surface area contributed by atoms with Gasteiger partial charge in [-0.05, 0) is 30.3 Å². The summed E-state index contributed by atoms with van der Waals surface area (Å²) in [5.74, 6) is -0.748. The highest BCUT2D eigenvalue weighted by molar-refractivity contribution is 6.31. The standard InChI is InChI=1S/C17H16ClFN2O3/c1-24-15-5-3-2-4-12(15)17(23)20-9-8-16(22)21-11-6-7-14(19)13(18)10-11/h2-7,10H,8-9H2,1H3,(H,20,23)(H,21,22). The van der Waals surface area contributed by atoms with Crippen molar-refractivity contribution in [3.8, 4) is 5.75 Å². The number of nitrogens with one attached hydrogen (secondary N) is 2. The fourth-order valence-electron chi connectivity index (χ4n) is 2.01. The average molecular weight is 351 g/mol. The predicted molar refractivity (Wildman–Crippen MR) is 90.0 cm³/mol. The van der Waals surface area contributed by atoms with E-state index >= 15 is 0 Å². The topological polar surface area (TPSA) is 67.4 Å². The summed E-state index contributed by atoms with van der Waals surface area (Å²) < 4.78 is 18.2. The molecular formula is C17H16ClFN2O3. The molecular weight excluding hydrogens is 335 g/mol. The van der Waals surface area contributed by atoms with E-state index in [9.17, 15) is 14.0 Å². The molecule has 0 atom stereocenters. The first-order valence-electron chi connectivity index (χ1n) is 7.17. The van der Waals surface area contributed by atoms with Gasteiger partial charge in [0.05, 0.1) is 17.7 Å². The van der Waals surface area contributed by atoms with E-state index in [-0.39, 0.29) is 29.8 Å². The molecule has 126 valence electrons. The minimum atomic E-state index is -0.557. The van der Waals surface area contributed by atoms with E-state index < -0.39 is 5.82 Å². The third-order valence-corrected chi connectivity index (χ3v) is 3.48. The van der Waals surface area contributed by atoms with Crippen LogP contribution in [0, 0.1) is 5.82 Å². The monoisotopic (exact) mass is 350 g/mol. The van der Waals surface area contributed by atoms with Crippen molar-refractivity contribution in [2.45, 2.75) is 6.42 Å². The average Bonchev–Trinajstić information content (AvgIpc) is 2.58. The predicted octanol–water partition coefficient (Wildman–Crippen LogP) is 3.25. The van der Waals surface area contributed by atoms with E-state index in [0.717, 1.165) is 0 Å². The van der Waals surface area contributed by atoms with Crippen LogP contribution in [0.1, 0.15) is 16.8 Å². The molecule has 0 bridgehead atoms. The molecule has 2 N–H and O–H groups in total. The van der Waals surface area contributed by atoms with E-state index in [1.54, 1.807) is 24.3 Å². The number of halogens is 2. The molecule has 2 amide bonds. The van der Waals surface area contributed by atoms with Gasteiger partial charge in [0.2, 0.25) is 5.91 Å². The minimum Gasteiger partial charge on any atom is -0.496 e. The minimum absolute atomic E-state index is 0.0654. The first-order valence-corrected chi connectivity index (χ1v) is 7.55. The molecule has 2 aromatic carbocycles. The Hall–Kier alpha value is -2.60. The Kier molecular flexibility index (Phi) is 6.14. The number of anilines is 1. The Labute approximate surface area is 143 Å². The fourth-order valence-corrected chi connectivity index (χ4v) is 2.19. The SMILES string of the molecule is COc1ccccc1C(=O)NCCC(=O)Nc1ccc(F)c(Cl)c1. The lowest BCUT2D eigenvalue weighted by atomic mass is 10.2. The van der Waals surface area contributed by atoms with E-state index in [1.807, 2.05) is 0 Å². The number of amides is 2. The van der Waals surface area contributed by atoms with E-state index in [2.05, 4.69) is 10.6 Å². The van der Waals surface area contributed by atoms with Crippen LogP contribution in [0.15, 0.2) is 42.5 Å². The molecule has 0 aliphatic rings. The molecule has 0 aliphatic heterocycles. The summed E-state index contributed by atoms with van der Waals surface area (Å²) >= 11 is 5.64.